The summed E-state index contributed by atoms with van der Waals surface area (Å²) in [5, 5.41) is 8.92. The Morgan fingerprint density at radius 1 is 1.58 bits per heavy atom. The highest BCUT2D eigenvalue weighted by Gasteiger charge is 2.20. The molecule has 1 aliphatic rings. The molecule has 1 aromatic rings. The predicted molar refractivity (Wildman–Crippen MR) is 71.7 cm³/mol. The van der Waals surface area contributed by atoms with Crippen LogP contribution in [0.1, 0.15) is 35.3 Å². The summed E-state index contributed by atoms with van der Waals surface area (Å²) in [5.41, 5.74) is 0.714. The van der Waals surface area contributed by atoms with Crippen LogP contribution in [-0.2, 0) is 0 Å². The summed E-state index contributed by atoms with van der Waals surface area (Å²) in [6, 6.07) is 3.76. The summed E-state index contributed by atoms with van der Waals surface area (Å²) in [7, 11) is 2.14. The van der Waals surface area contributed by atoms with Crippen LogP contribution >= 0.6 is 0 Å². The van der Waals surface area contributed by atoms with Crippen LogP contribution < -0.4 is 4.74 Å². The van der Waals surface area contributed by atoms with Crippen molar-refractivity contribution in [2.45, 2.75) is 32.2 Å². The number of carbonyl (C=O) groups is 1. The van der Waals surface area contributed by atoms with Crippen LogP contribution in [0.25, 0.3) is 0 Å². The summed E-state index contributed by atoms with van der Waals surface area (Å²) in [4.78, 5) is 17.4. The van der Waals surface area contributed by atoms with Crippen molar-refractivity contribution < 1.29 is 14.6 Å². The normalized spacial score (nSPS) is 19.6. The van der Waals surface area contributed by atoms with Gasteiger partial charge in [0.2, 0.25) is 5.88 Å². The Bertz CT molecular complexity index is 462. The van der Waals surface area contributed by atoms with E-state index in [1.54, 1.807) is 19.1 Å². The maximum absolute atomic E-state index is 10.9. The summed E-state index contributed by atoms with van der Waals surface area (Å²) in [6.45, 7) is 3.46. The van der Waals surface area contributed by atoms with Crippen molar-refractivity contribution in [3.05, 3.63) is 23.4 Å². The lowest BCUT2D eigenvalue weighted by molar-refractivity contribution is 0.0695. The van der Waals surface area contributed by atoms with E-state index in [2.05, 4.69) is 16.9 Å². The molecule has 0 amide bonds. The number of likely N-dealkylation sites (tertiary alicyclic amines) is 1. The lowest BCUT2D eigenvalue weighted by Gasteiger charge is -2.19. The van der Waals surface area contributed by atoms with Crippen molar-refractivity contribution in [3.63, 3.8) is 0 Å². The molecule has 5 heteroatoms. The van der Waals surface area contributed by atoms with Gasteiger partial charge >= 0.3 is 5.97 Å². The molecule has 1 saturated heterocycles. The zero-order valence-electron chi connectivity index (χ0n) is 11.4. The van der Waals surface area contributed by atoms with E-state index < -0.39 is 5.97 Å². The third kappa shape index (κ3) is 3.44. The summed E-state index contributed by atoms with van der Waals surface area (Å²) in [5.74, 6) is -0.452. The first-order valence-electron chi connectivity index (χ1n) is 6.62. The van der Waals surface area contributed by atoms with Crippen LogP contribution in [0.3, 0.4) is 0 Å². The quantitative estimate of drug-likeness (QED) is 0.880. The maximum atomic E-state index is 10.9. The van der Waals surface area contributed by atoms with Gasteiger partial charge in [-0.25, -0.2) is 9.78 Å². The number of rotatable bonds is 5. The molecule has 1 atom stereocenters. The van der Waals surface area contributed by atoms with E-state index >= 15 is 0 Å². The standard InChI is InChI=1S/C14H20N2O3/c1-10-12(14(17)18)5-6-13(15-10)19-9-7-11-4-3-8-16(11)2/h5-6,11H,3-4,7-9H2,1-2H3,(H,17,18). The third-order valence-corrected chi connectivity index (χ3v) is 3.66. The minimum Gasteiger partial charge on any atom is -0.478 e. The molecule has 0 bridgehead atoms. The van der Waals surface area contributed by atoms with Gasteiger partial charge in [-0.2, -0.15) is 0 Å². The maximum Gasteiger partial charge on any atom is 0.337 e. The highest BCUT2D eigenvalue weighted by atomic mass is 16.5. The number of hydrogen-bond acceptors (Lipinski definition) is 4. The third-order valence-electron chi connectivity index (χ3n) is 3.66. The average Bonchev–Trinajstić information content (AvgIpc) is 2.75. The molecular weight excluding hydrogens is 244 g/mol. The van der Waals surface area contributed by atoms with E-state index in [0.29, 0.717) is 24.2 Å². The monoisotopic (exact) mass is 264 g/mol. The molecule has 2 rings (SSSR count). The smallest absolute Gasteiger partial charge is 0.337 e. The topological polar surface area (TPSA) is 62.7 Å². The molecule has 19 heavy (non-hydrogen) atoms. The van der Waals surface area contributed by atoms with Gasteiger partial charge in [0.15, 0.2) is 0 Å². The molecule has 2 heterocycles. The Labute approximate surface area is 113 Å². The summed E-state index contributed by atoms with van der Waals surface area (Å²) >= 11 is 0. The van der Waals surface area contributed by atoms with Crippen LogP contribution in [0.15, 0.2) is 12.1 Å². The fourth-order valence-corrected chi connectivity index (χ4v) is 2.49. The van der Waals surface area contributed by atoms with Crippen LogP contribution in [0, 0.1) is 6.92 Å². The van der Waals surface area contributed by atoms with Gasteiger partial charge in [-0.3, -0.25) is 0 Å². The van der Waals surface area contributed by atoms with Gasteiger partial charge in [0.05, 0.1) is 17.9 Å². The summed E-state index contributed by atoms with van der Waals surface area (Å²) < 4.78 is 5.60. The zero-order chi connectivity index (χ0) is 13.8. The number of carboxylic acid groups (broad SMARTS) is 1. The Hall–Kier alpha value is -1.62. The van der Waals surface area contributed by atoms with Gasteiger partial charge in [-0.1, -0.05) is 0 Å². The van der Waals surface area contributed by atoms with Crippen LogP contribution in [0.5, 0.6) is 5.88 Å². The number of carboxylic acids is 1. The molecule has 0 spiro atoms. The van der Waals surface area contributed by atoms with Crippen LogP contribution in [0.2, 0.25) is 0 Å². The lowest BCUT2D eigenvalue weighted by atomic mass is 10.1. The molecule has 0 saturated carbocycles. The molecule has 1 fully saturated rings. The van der Waals surface area contributed by atoms with Crippen molar-refractivity contribution in [2.24, 2.45) is 0 Å². The second kappa shape index (κ2) is 6.02. The predicted octanol–water partition coefficient (Wildman–Crippen LogP) is 1.95. The van der Waals surface area contributed by atoms with Crippen molar-refractivity contribution in [1.82, 2.24) is 9.88 Å². The number of nitrogens with zero attached hydrogens (tertiary/aromatic N) is 2. The number of aryl methyl sites for hydroxylation is 1. The van der Waals surface area contributed by atoms with E-state index in [1.807, 2.05) is 0 Å². The number of aromatic carboxylic acids is 1. The molecule has 5 nitrogen and oxygen atoms in total. The second-order valence-electron chi connectivity index (χ2n) is 5.00. The molecule has 1 aromatic heterocycles. The van der Waals surface area contributed by atoms with Crippen molar-refractivity contribution >= 4 is 5.97 Å². The Morgan fingerprint density at radius 2 is 2.37 bits per heavy atom. The van der Waals surface area contributed by atoms with Crippen molar-refractivity contribution in [2.75, 3.05) is 20.2 Å². The van der Waals surface area contributed by atoms with Gasteiger partial charge < -0.3 is 14.7 Å². The Kier molecular flexibility index (Phi) is 4.37. The van der Waals surface area contributed by atoms with Gasteiger partial charge in [-0.15, -0.1) is 0 Å². The molecule has 0 aromatic carbocycles. The first-order chi connectivity index (χ1) is 9.08. The highest BCUT2D eigenvalue weighted by Crippen LogP contribution is 2.18. The van der Waals surface area contributed by atoms with E-state index in [4.69, 9.17) is 9.84 Å². The Balaban J connectivity index is 1.86. The number of aromatic nitrogens is 1. The van der Waals surface area contributed by atoms with Crippen molar-refractivity contribution in [3.8, 4) is 5.88 Å². The fraction of sp³-hybridized carbons (Fsp3) is 0.571. The summed E-state index contributed by atoms with van der Waals surface area (Å²) in [6.07, 6.45) is 3.47. The van der Waals surface area contributed by atoms with Gasteiger partial charge in [-0.05, 0) is 45.8 Å². The largest absolute Gasteiger partial charge is 0.478 e. The SMILES string of the molecule is Cc1nc(OCCC2CCCN2C)ccc1C(=O)O. The average molecular weight is 264 g/mol. The van der Waals surface area contributed by atoms with E-state index in [-0.39, 0.29) is 5.56 Å². The van der Waals surface area contributed by atoms with Crippen LogP contribution in [-0.4, -0.2) is 47.2 Å². The van der Waals surface area contributed by atoms with Crippen LogP contribution in [0.4, 0.5) is 0 Å². The highest BCUT2D eigenvalue weighted by molar-refractivity contribution is 5.88. The van der Waals surface area contributed by atoms with Gasteiger partial charge in [0.1, 0.15) is 0 Å². The Morgan fingerprint density at radius 3 is 2.95 bits per heavy atom. The minimum atomic E-state index is -0.955. The molecule has 1 N–H and O–H groups in total. The molecule has 0 aliphatic carbocycles. The molecule has 0 radical (unpaired) electrons. The molecule has 104 valence electrons. The number of pyridine rings is 1. The molecule has 1 aliphatic heterocycles. The fourth-order valence-electron chi connectivity index (χ4n) is 2.49. The number of ether oxygens (including phenoxy) is 1. The van der Waals surface area contributed by atoms with E-state index in [1.165, 1.54) is 12.8 Å². The minimum absolute atomic E-state index is 0.225. The molecule has 1 unspecified atom stereocenters. The van der Waals surface area contributed by atoms with Gasteiger partial charge in [0.25, 0.3) is 0 Å². The van der Waals surface area contributed by atoms with E-state index in [9.17, 15) is 4.79 Å². The molecular formula is C14H20N2O3. The van der Waals surface area contributed by atoms with Crippen molar-refractivity contribution in [1.29, 1.82) is 0 Å². The first-order valence-corrected chi connectivity index (χ1v) is 6.62. The zero-order valence-corrected chi connectivity index (χ0v) is 11.4. The first kappa shape index (κ1) is 13.8. The van der Waals surface area contributed by atoms with Gasteiger partial charge in [0, 0.05) is 12.1 Å². The van der Waals surface area contributed by atoms with E-state index in [0.717, 1.165) is 13.0 Å². The second-order valence-corrected chi connectivity index (χ2v) is 5.00. The number of hydrogen-bond donors (Lipinski definition) is 1. The lowest BCUT2D eigenvalue weighted by Crippen LogP contribution is -2.26.